The van der Waals surface area contributed by atoms with Crippen molar-refractivity contribution in [2.24, 2.45) is 0 Å². The Labute approximate surface area is 112 Å². The molecule has 2 N–H and O–H groups in total. The smallest absolute Gasteiger partial charge is 0.325 e. The number of nitrogens with zero attached hydrogens (tertiary/aromatic N) is 1. The van der Waals surface area contributed by atoms with Crippen molar-refractivity contribution in [1.82, 2.24) is 4.90 Å². The van der Waals surface area contributed by atoms with Crippen molar-refractivity contribution >= 4 is 5.97 Å². The molecule has 1 unspecified atom stereocenters. The summed E-state index contributed by atoms with van der Waals surface area (Å²) in [5.41, 5.74) is 0.711. The number of likely N-dealkylation sites (tertiary alicyclic amines) is 1. The van der Waals surface area contributed by atoms with E-state index in [1.165, 1.54) is 0 Å². The zero-order valence-corrected chi connectivity index (χ0v) is 11.0. The summed E-state index contributed by atoms with van der Waals surface area (Å²) in [6, 6.07) is 6.46. The molecule has 0 bridgehead atoms. The summed E-state index contributed by atoms with van der Waals surface area (Å²) in [6.07, 6.45) is 0.928. The standard InChI is InChI=1S/C14H19NO4/c1-19-12-4-2-3-10(9-12)13(14(17)18)15-7-5-11(16)6-8-15/h2-4,9,11,13,16H,5-8H2,1H3,(H,17,18). The Bertz CT molecular complexity index is 441. The molecule has 0 amide bonds. The van der Waals surface area contributed by atoms with Crippen molar-refractivity contribution in [3.8, 4) is 5.75 Å². The van der Waals surface area contributed by atoms with Crippen LogP contribution >= 0.6 is 0 Å². The summed E-state index contributed by atoms with van der Waals surface area (Å²) in [5.74, 6) is -0.217. The molecule has 5 nitrogen and oxygen atoms in total. The van der Waals surface area contributed by atoms with Crippen LogP contribution in [0.2, 0.25) is 0 Å². The van der Waals surface area contributed by atoms with Crippen LogP contribution in [0.15, 0.2) is 24.3 Å². The molecular weight excluding hydrogens is 246 g/mol. The van der Waals surface area contributed by atoms with Crippen LogP contribution in [0.4, 0.5) is 0 Å². The Hall–Kier alpha value is -1.59. The second-order valence-corrected chi connectivity index (χ2v) is 4.78. The van der Waals surface area contributed by atoms with E-state index in [9.17, 15) is 15.0 Å². The summed E-state index contributed by atoms with van der Waals surface area (Å²) in [5, 5.41) is 19.0. The van der Waals surface area contributed by atoms with Gasteiger partial charge in [-0.25, -0.2) is 0 Å². The number of benzene rings is 1. The summed E-state index contributed by atoms with van der Waals surface area (Å²) in [7, 11) is 1.56. The van der Waals surface area contributed by atoms with Crippen molar-refractivity contribution in [2.45, 2.75) is 25.0 Å². The lowest BCUT2D eigenvalue weighted by Crippen LogP contribution is -2.41. The molecule has 1 saturated heterocycles. The minimum absolute atomic E-state index is 0.309. The Morgan fingerprint density at radius 2 is 2.11 bits per heavy atom. The normalized spacial score (nSPS) is 19.1. The molecule has 1 aromatic rings. The van der Waals surface area contributed by atoms with Crippen LogP contribution in [0.1, 0.15) is 24.4 Å². The fraction of sp³-hybridized carbons (Fsp3) is 0.500. The maximum Gasteiger partial charge on any atom is 0.325 e. The van der Waals surface area contributed by atoms with E-state index in [4.69, 9.17) is 4.74 Å². The van der Waals surface area contributed by atoms with Crippen LogP contribution in [-0.2, 0) is 4.79 Å². The van der Waals surface area contributed by atoms with E-state index in [1.54, 1.807) is 31.4 Å². The molecule has 1 fully saturated rings. The van der Waals surface area contributed by atoms with Gasteiger partial charge < -0.3 is 14.9 Å². The SMILES string of the molecule is COc1cccc(C(C(=O)O)N2CCC(O)CC2)c1. The molecule has 0 spiro atoms. The highest BCUT2D eigenvalue weighted by atomic mass is 16.5. The van der Waals surface area contributed by atoms with Crippen molar-refractivity contribution in [3.05, 3.63) is 29.8 Å². The van der Waals surface area contributed by atoms with Crippen LogP contribution in [0.25, 0.3) is 0 Å². The predicted molar refractivity (Wildman–Crippen MR) is 70.2 cm³/mol. The van der Waals surface area contributed by atoms with E-state index >= 15 is 0 Å². The molecule has 1 aromatic carbocycles. The van der Waals surface area contributed by atoms with Gasteiger partial charge in [-0.05, 0) is 30.5 Å². The number of aliphatic hydroxyl groups excluding tert-OH is 1. The van der Waals surface area contributed by atoms with Gasteiger partial charge in [0.05, 0.1) is 13.2 Å². The third-order valence-electron chi connectivity index (χ3n) is 3.51. The Balaban J connectivity index is 2.22. The number of hydrogen-bond acceptors (Lipinski definition) is 4. The van der Waals surface area contributed by atoms with Gasteiger partial charge in [0.15, 0.2) is 0 Å². The van der Waals surface area contributed by atoms with Gasteiger partial charge in [-0.1, -0.05) is 12.1 Å². The third-order valence-corrected chi connectivity index (χ3v) is 3.51. The van der Waals surface area contributed by atoms with Crippen molar-refractivity contribution in [1.29, 1.82) is 0 Å². The quantitative estimate of drug-likeness (QED) is 0.858. The number of carboxylic acids is 1. The van der Waals surface area contributed by atoms with E-state index in [0.29, 0.717) is 37.2 Å². The largest absolute Gasteiger partial charge is 0.497 e. The van der Waals surface area contributed by atoms with E-state index in [2.05, 4.69) is 0 Å². The molecule has 0 radical (unpaired) electrons. The predicted octanol–water partition coefficient (Wildman–Crippen LogP) is 1.28. The molecule has 0 saturated carbocycles. The number of aliphatic hydroxyl groups is 1. The number of rotatable bonds is 4. The average molecular weight is 265 g/mol. The molecule has 2 rings (SSSR count). The summed E-state index contributed by atoms with van der Waals surface area (Å²) < 4.78 is 5.14. The van der Waals surface area contributed by atoms with E-state index < -0.39 is 12.0 Å². The molecule has 1 atom stereocenters. The lowest BCUT2D eigenvalue weighted by Gasteiger charge is -2.34. The van der Waals surface area contributed by atoms with Gasteiger partial charge in [0.2, 0.25) is 0 Å². The molecule has 0 aliphatic carbocycles. The van der Waals surface area contributed by atoms with Crippen LogP contribution in [0, 0.1) is 0 Å². The molecule has 0 aromatic heterocycles. The number of hydrogen-bond donors (Lipinski definition) is 2. The van der Waals surface area contributed by atoms with Gasteiger partial charge in [-0.2, -0.15) is 0 Å². The van der Waals surface area contributed by atoms with Gasteiger partial charge in [0.25, 0.3) is 0 Å². The monoisotopic (exact) mass is 265 g/mol. The number of carbonyl (C=O) groups is 1. The zero-order valence-electron chi connectivity index (χ0n) is 11.0. The molecule has 1 aliphatic rings. The number of aliphatic carboxylic acids is 1. The maximum absolute atomic E-state index is 11.5. The summed E-state index contributed by atoms with van der Waals surface area (Å²) >= 11 is 0. The highest BCUT2D eigenvalue weighted by molar-refractivity contribution is 5.75. The molecule has 5 heteroatoms. The number of piperidine rings is 1. The fourth-order valence-electron chi connectivity index (χ4n) is 2.47. The molecule has 104 valence electrons. The van der Waals surface area contributed by atoms with Crippen LogP contribution in [-0.4, -0.2) is 47.4 Å². The Kier molecular flexibility index (Phi) is 4.39. The van der Waals surface area contributed by atoms with E-state index in [0.717, 1.165) is 0 Å². The van der Waals surface area contributed by atoms with Crippen molar-refractivity contribution in [2.75, 3.05) is 20.2 Å². The van der Waals surface area contributed by atoms with Gasteiger partial charge in [-0.3, -0.25) is 9.69 Å². The van der Waals surface area contributed by atoms with Gasteiger partial charge >= 0.3 is 5.97 Å². The number of ether oxygens (including phenoxy) is 1. The number of carboxylic acid groups (broad SMARTS) is 1. The van der Waals surface area contributed by atoms with Gasteiger partial charge in [0, 0.05) is 13.1 Å². The van der Waals surface area contributed by atoms with Crippen molar-refractivity contribution < 1.29 is 19.7 Å². The highest BCUT2D eigenvalue weighted by Crippen LogP contribution is 2.27. The van der Waals surface area contributed by atoms with Crippen molar-refractivity contribution in [3.63, 3.8) is 0 Å². The Morgan fingerprint density at radius 1 is 1.42 bits per heavy atom. The van der Waals surface area contributed by atoms with Gasteiger partial charge in [-0.15, -0.1) is 0 Å². The summed E-state index contributed by atoms with van der Waals surface area (Å²) in [4.78, 5) is 13.4. The lowest BCUT2D eigenvalue weighted by molar-refractivity contribution is -0.144. The first kappa shape index (κ1) is 13.8. The summed E-state index contributed by atoms with van der Waals surface area (Å²) in [6.45, 7) is 1.19. The number of methoxy groups -OCH3 is 1. The third kappa shape index (κ3) is 3.24. The van der Waals surface area contributed by atoms with Crippen LogP contribution in [0.3, 0.4) is 0 Å². The average Bonchev–Trinajstić information content (AvgIpc) is 2.41. The van der Waals surface area contributed by atoms with Gasteiger partial charge in [0.1, 0.15) is 11.8 Å². The minimum atomic E-state index is -0.871. The maximum atomic E-state index is 11.5. The highest BCUT2D eigenvalue weighted by Gasteiger charge is 2.30. The first-order valence-corrected chi connectivity index (χ1v) is 6.40. The van der Waals surface area contributed by atoms with E-state index in [1.807, 2.05) is 4.90 Å². The molecule has 1 heterocycles. The first-order valence-electron chi connectivity index (χ1n) is 6.40. The fourth-order valence-corrected chi connectivity index (χ4v) is 2.47. The second kappa shape index (κ2) is 6.04. The molecular formula is C14H19NO4. The minimum Gasteiger partial charge on any atom is -0.497 e. The lowest BCUT2D eigenvalue weighted by atomic mass is 10.0. The van der Waals surface area contributed by atoms with Crippen LogP contribution in [0.5, 0.6) is 5.75 Å². The second-order valence-electron chi connectivity index (χ2n) is 4.78. The van der Waals surface area contributed by atoms with E-state index in [-0.39, 0.29) is 6.10 Å². The Morgan fingerprint density at radius 3 is 2.68 bits per heavy atom. The first-order chi connectivity index (χ1) is 9.11. The topological polar surface area (TPSA) is 70.0 Å². The van der Waals surface area contributed by atoms with Crippen LogP contribution < -0.4 is 4.74 Å². The molecule has 1 aliphatic heterocycles. The molecule has 19 heavy (non-hydrogen) atoms. The zero-order chi connectivity index (χ0) is 13.8.